The Hall–Kier alpha value is -2.77. The van der Waals surface area contributed by atoms with Crippen molar-refractivity contribution in [1.29, 1.82) is 0 Å². The molecule has 8 nitrogen and oxygen atoms in total. The van der Waals surface area contributed by atoms with E-state index in [1.807, 2.05) is 11.8 Å². The summed E-state index contributed by atoms with van der Waals surface area (Å²) in [7, 11) is 0. The molecule has 1 aliphatic heterocycles. The first-order valence-corrected chi connectivity index (χ1v) is 12.6. The summed E-state index contributed by atoms with van der Waals surface area (Å²) in [6, 6.07) is 4.80. The lowest BCUT2D eigenvalue weighted by atomic mass is 9.86. The Balaban J connectivity index is 1.57. The molecule has 0 bridgehead atoms. The lowest BCUT2D eigenvalue weighted by molar-refractivity contribution is -0.134. The normalized spacial score (nSPS) is 21.3. The van der Waals surface area contributed by atoms with Crippen LogP contribution in [-0.2, 0) is 14.3 Å². The van der Waals surface area contributed by atoms with Crippen molar-refractivity contribution in [2.75, 3.05) is 26.3 Å². The minimum atomic E-state index is -0.907. The molecule has 3 atom stereocenters. The van der Waals surface area contributed by atoms with Crippen molar-refractivity contribution >= 4 is 17.8 Å². The van der Waals surface area contributed by atoms with Crippen LogP contribution >= 0.6 is 0 Å². The van der Waals surface area contributed by atoms with Crippen molar-refractivity contribution < 1.29 is 28.6 Å². The SMILES string of the molecule is CCOc1cc(C(=O)OC(C)C(=O)NC2CCCCC2C)ccc1OCC(=O)N1CCCCC1. The number of amides is 2. The van der Waals surface area contributed by atoms with Gasteiger partial charge in [0.05, 0.1) is 12.2 Å². The Morgan fingerprint density at radius 1 is 1.03 bits per heavy atom. The Morgan fingerprint density at radius 3 is 2.47 bits per heavy atom. The summed E-state index contributed by atoms with van der Waals surface area (Å²) < 4.78 is 16.8. The number of nitrogens with one attached hydrogen (secondary N) is 1. The predicted molar refractivity (Wildman–Crippen MR) is 128 cm³/mol. The first-order chi connectivity index (χ1) is 16.4. The summed E-state index contributed by atoms with van der Waals surface area (Å²) in [6.07, 6.45) is 6.61. The van der Waals surface area contributed by atoms with E-state index in [-0.39, 0.29) is 30.0 Å². The number of nitrogens with zero attached hydrogens (tertiary/aromatic N) is 1. The van der Waals surface area contributed by atoms with Gasteiger partial charge < -0.3 is 24.4 Å². The molecule has 34 heavy (non-hydrogen) atoms. The maximum atomic E-state index is 12.7. The van der Waals surface area contributed by atoms with Gasteiger partial charge in [-0.3, -0.25) is 9.59 Å². The van der Waals surface area contributed by atoms with Crippen LogP contribution in [0.3, 0.4) is 0 Å². The van der Waals surface area contributed by atoms with Crippen molar-refractivity contribution in [3.05, 3.63) is 23.8 Å². The summed E-state index contributed by atoms with van der Waals surface area (Å²) >= 11 is 0. The van der Waals surface area contributed by atoms with E-state index in [9.17, 15) is 14.4 Å². The second-order valence-electron chi connectivity index (χ2n) is 9.25. The van der Waals surface area contributed by atoms with E-state index in [2.05, 4.69) is 12.2 Å². The highest BCUT2D eigenvalue weighted by atomic mass is 16.5. The van der Waals surface area contributed by atoms with Crippen molar-refractivity contribution in [3.63, 3.8) is 0 Å². The largest absolute Gasteiger partial charge is 0.490 e. The first-order valence-electron chi connectivity index (χ1n) is 12.6. The summed E-state index contributed by atoms with van der Waals surface area (Å²) in [6.45, 7) is 7.35. The fraction of sp³-hybridized carbons (Fsp3) is 0.654. The smallest absolute Gasteiger partial charge is 0.339 e. The van der Waals surface area contributed by atoms with E-state index in [4.69, 9.17) is 14.2 Å². The summed E-state index contributed by atoms with van der Waals surface area (Å²) in [5, 5.41) is 3.02. The highest BCUT2D eigenvalue weighted by Gasteiger charge is 2.27. The molecule has 1 heterocycles. The number of piperidine rings is 1. The Labute approximate surface area is 202 Å². The van der Waals surface area contributed by atoms with E-state index < -0.39 is 12.1 Å². The Kier molecular flexibility index (Phi) is 9.60. The molecule has 2 amide bonds. The molecule has 1 saturated heterocycles. The van der Waals surface area contributed by atoms with Crippen LogP contribution in [0.25, 0.3) is 0 Å². The number of hydrogen-bond acceptors (Lipinski definition) is 6. The van der Waals surface area contributed by atoms with Crippen molar-refractivity contribution in [1.82, 2.24) is 10.2 Å². The molecular formula is C26H38N2O6. The third kappa shape index (κ3) is 7.11. The van der Waals surface area contributed by atoms with Gasteiger partial charge in [0, 0.05) is 19.1 Å². The standard InChI is InChI=1S/C26H38N2O6/c1-4-32-23-16-20(12-13-22(23)33-17-24(29)28-14-8-5-9-15-28)26(31)34-19(3)25(30)27-21-11-7-6-10-18(21)2/h12-13,16,18-19,21H,4-11,14-15,17H2,1-3H3,(H,27,30). The zero-order chi connectivity index (χ0) is 24.5. The Bertz CT molecular complexity index is 852. The van der Waals surface area contributed by atoms with E-state index in [0.717, 1.165) is 51.6 Å². The highest BCUT2D eigenvalue weighted by Crippen LogP contribution is 2.29. The summed E-state index contributed by atoms with van der Waals surface area (Å²) in [4.78, 5) is 39.5. The fourth-order valence-corrected chi connectivity index (χ4v) is 4.51. The van der Waals surface area contributed by atoms with Gasteiger partial charge in [-0.1, -0.05) is 19.8 Å². The number of rotatable bonds is 9. The number of esters is 1. The zero-order valence-corrected chi connectivity index (χ0v) is 20.6. The van der Waals surface area contributed by atoms with Gasteiger partial charge in [0.1, 0.15) is 0 Å². The maximum Gasteiger partial charge on any atom is 0.339 e. The molecule has 1 aliphatic carbocycles. The number of carbonyl (C=O) groups excluding carboxylic acids is 3. The van der Waals surface area contributed by atoms with E-state index in [1.165, 1.54) is 12.5 Å². The van der Waals surface area contributed by atoms with Crippen LogP contribution < -0.4 is 14.8 Å². The quantitative estimate of drug-likeness (QED) is 0.548. The fourth-order valence-electron chi connectivity index (χ4n) is 4.51. The minimum Gasteiger partial charge on any atom is -0.490 e. The zero-order valence-electron chi connectivity index (χ0n) is 20.6. The molecule has 1 aromatic rings. The lowest BCUT2D eigenvalue weighted by Crippen LogP contribution is -2.45. The summed E-state index contributed by atoms with van der Waals surface area (Å²) in [5.74, 6) is 0.211. The van der Waals surface area contributed by atoms with Gasteiger partial charge >= 0.3 is 5.97 Å². The molecule has 2 fully saturated rings. The second-order valence-corrected chi connectivity index (χ2v) is 9.25. The number of ether oxygens (including phenoxy) is 3. The van der Waals surface area contributed by atoms with Crippen LogP contribution in [0.5, 0.6) is 11.5 Å². The molecule has 1 aromatic carbocycles. The van der Waals surface area contributed by atoms with Crippen LogP contribution in [-0.4, -0.2) is 61.1 Å². The van der Waals surface area contributed by atoms with Crippen molar-refractivity contribution in [2.45, 2.75) is 77.9 Å². The molecule has 3 rings (SSSR count). The molecule has 2 aliphatic rings. The number of likely N-dealkylation sites (tertiary alicyclic amines) is 1. The van der Waals surface area contributed by atoms with Gasteiger partial charge in [-0.15, -0.1) is 0 Å². The molecule has 0 spiro atoms. The third-order valence-corrected chi connectivity index (χ3v) is 6.63. The van der Waals surface area contributed by atoms with Gasteiger partial charge in [-0.05, 0) is 70.1 Å². The number of hydrogen-bond donors (Lipinski definition) is 1. The average molecular weight is 475 g/mol. The van der Waals surface area contributed by atoms with Crippen LogP contribution in [0.1, 0.15) is 76.1 Å². The predicted octanol–water partition coefficient (Wildman–Crippen LogP) is 3.72. The second kappa shape index (κ2) is 12.6. The molecule has 1 saturated carbocycles. The van der Waals surface area contributed by atoms with Gasteiger partial charge in [0.25, 0.3) is 11.8 Å². The van der Waals surface area contributed by atoms with Crippen molar-refractivity contribution in [3.8, 4) is 11.5 Å². The van der Waals surface area contributed by atoms with E-state index in [0.29, 0.717) is 24.0 Å². The topological polar surface area (TPSA) is 94.2 Å². The van der Waals surface area contributed by atoms with Crippen LogP contribution in [0.2, 0.25) is 0 Å². The lowest BCUT2D eigenvalue weighted by Gasteiger charge is -2.30. The summed E-state index contributed by atoms with van der Waals surface area (Å²) in [5.41, 5.74) is 0.254. The minimum absolute atomic E-state index is 0.0576. The first kappa shape index (κ1) is 25.8. The molecule has 0 aromatic heterocycles. The molecular weight excluding hydrogens is 436 g/mol. The molecule has 8 heteroatoms. The molecule has 3 unspecified atom stereocenters. The molecule has 1 N–H and O–H groups in total. The highest BCUT2D eigenvalue weighted by molar-refractivity contribution is 5.93. The molecule has 0 radical (unpaired) electrons. The van der Waals surface area contributed by atoms with Gasteiger partial charge in [-0.25, -0.2) is 4.79 Å². The van der Waals surface area contributed by atoms with Crippen LogP contribution in [0, 0.1) is 5.92 Å². The van der Waals surface area contributed by atoms with Gasteiger partial charge in [0.15, 0.2) is 24.2 Å². The molecule has 188 valence electrons. The van der Waals surface area contributed by atoms with Gasteiger partial charge in [0.2, 0.25) is 0 Å². The third-order valence-electron chi connectivity index (χ3n) is 6.63. The van der Waals surface area contributed by atoms with E-state index in [1.54, 1.807) is 19.1 Å². The maximum absolute atomic E-state index is 12.7. The Morgan fingerprint density at radius 2 is 1.76 bits per heavy atom. The number of carbonyl (C=O) groups is 3. The van der Waals surface area contributed by atoms with E-state index >= 15 is 0 Å². The van der Waals surface area contributed by atoms with Gasteiger partial charge in [-0.2, -0.15) is 0 Å². The average Bonchev–Trinajstić information content (AvgIpc) is 2.85. The van der Waals surface area contributed by atoms with Crippen molar-refractivity contribution in [2.24, 2.45) is 5.92 Å². The monoisotopic (exact) mass is 474 g/mol. The number of benzene rings is 1. The van der Waals surface area contributed by atoms with Crippen LogP contribution in [0.4, 0.5) is 0 Å². The van der Waals surface area contributed by atoms with Crippen LogP contribution in [0.15, 0.2) is 18.2 Å².